The van der Waals surface area contributed by atoms with Crippen LogP contribution in [0, 0.1) is 5.82 Å². The summed E-state index contributed by atoms with van der Waals surface area (Å²) < 4.78 is 41.7. The first-order valence-corrected chi connectivity index (χ1v) is 10.6. The molecule has 28 heavy (non-hydrogen) atoms. The van der Waals surface area contributed by atoms with Crippen LogP contribution in [0.4, 0.5) is 10.1 Å². The molecule has 1 aliphatic rings. The predicted octanol–water partition coefficient (Wildman–Crippen LogP) is 2.13. The van der Waals surface area contributed by atoms with Crippen molar-refractivity contribution in [3.63, 3.8) is 0 Å². The maximum atomic E-state index is 12.9. The van der Waals surface area contributed by atoms with E-state index in [4.69, 9.17) is 4.74 Å². The second-order valence-electron chi connectivity index (χ2n) is 6.62. The minimum atomic E-state index is -3.19. The van der Waals surface area contributed by atoms with Crippen molar-refractivity contribution < 1.29 is 27.1 Å². The lowest BCUT2D eigenvalue weighted by molar-refractivity contribution is -0.147. The Hall–Kier alpha value is -2.74. The first-order chi connectivity index (χ1) is 13.3. The highest BCUT2D eigenvalue weighted by molar-refractivity contribution is 7.91. The van der Waals surface area contributed by atoms with E-state index in [0.717, 1.165) is 0 Å². The Morgan fingerprint density at radius 1 is 1.07 bits per heavy atom. The molecule has 0 aromatic heterocycles. The van der Waals surface area contributed by atoms with E-state index < -0.39 is 40.2 Å². The highest BCUT2D eigenvalue weighted by atomic mass is 32.2. The van der Waals surface area contributed by atoms with E-state index in [1.54, 1.807) is 30.3 Å². The molecule has 6 nitrogen and oxygen atoms in total. The van der Waals surface area contributed by atoms with Gasteiger partial charge in [-0.1, -0.05) is 30.3 Å². The van der Waals surface area contributed by atoms with Gasteiger partial charge in [0.05, 0.1) is 24.0 Å². The molecule has 2 aromatic carbocycles. The van der Waals surface area contributed by atoms with E-state index in [-0.39, 0.29) is 17.9 Å². The van der Waals surface area contributed by atoms with Crippen molar-refractivity contribution in [1.29, 1.82) is 0 Å². The summed E-state index contributed by atoms with van der Waals surface area (Å²) >= 11 is 0. The molecule has 0 aliphatic carbocycles. The van der Waals surface area contributed by atoms with Gasteiger partial charge in [0.2, 0.25) is 0 Å². The second kappa shape index (κ2) is 8.52. The van der Waals surface area contributed by atoms with Gasteiger partial charge in [-0.05, 0) is 36.2 Å². The Balaban J connectivity index is 1.66. The van der Waals surface area contributed by atoms with Crippen molar-refractivity contribution in [3.05, 3.63) is 66.0 Å². The van der Waals surface area contributed by atoms with Crippen LogP contribution in [0.15, 0.2) is 54.6 Å². The summed E-state index contributed by atoms with van der Waals surface area (Å²) in [7, 11) is -3.19. The highest BCUT2D eigenvalue weighted by Crippen LogP contribution is 2.24. The van der Waals surface area contributed by atoms with Crippen LogP contribution in [0.3, 0.4) is 0 Å². The van der Waals surface area contributed by atoms with Gasteiger partial charge in [-0.15, -0.1) is 0 Å². The van der Waals surface area contributed by atoms with Gasteiger partial charge in [0.15, 0.2) is 16.4 Å². The Morgan fingerprint density at radius 2 is 1.75 bits per heavy atom. The molecular weight excluding hydrogens is 385 g/mol. The third-order valence-corrected chi connectivity index (χ3v) is 6.25. The Bertz CT molecular complexity index is 944. The topological polar surface area (TPSA) is 80.8 Å². The SMILES string of the molecule is O=C(Cc1ccc(F)cc1)OCC(=O)N(c1ccccc1)[C@H]1CCS(=O)(=O)C1. The molecule has 0 bridgehead atoms. The minimum absolute atomic E-state index is 0.0264. The van der Waals surface area contributed by atoms with Gasteiger partial charge in [0.25, 0.3) is 5.91 Å². The summed E-state index contributed by atoms with van der Waals surface area (Å²) in [4.78, 5) is 26.1. The number of esters is 1. The molecule has 8 heteroatoms. The zero-order valence-electron chi connectivity index (χ0n) is 15.1. The lowest BCUT2D eigenvalue weighted by Gasteiger charge is -2.28. The summed E-state index contributed by atoms with van der Waals surface area (Å²) in [5.41, 5.74) is 1.13. The van der Waals surface area contributed by atoms with Gasteiger partial charge in [0.1, 0.15) is 5.82 Å². The van der Waals surface area contributed by atoms with Crippen LogP contribution in [0.25, 0.3) is 0 Å². The molecule has 0 radical (unpaired) electrons. The van der Waals surface area contributed by atoms with E-state index >= 15 is 0 Å². The third kappa shape index (κ3) is 5.16. The fourth-order valence-electron chi connectivity index (χ4n) is 3.16. The number of amides is 1. The van der Waals surface area contributed by atoms with Gasteiger partial charge in [-0.2, -0.15) is 0 Å². The summed E-state index contributed by atoms with van der Waals surface area (Å²) in [6, 6.07) is 13.6. The molecule has 3 rings (SSSR count). The summed E-state index contributed by atoms with van der Waals surface area (Å²) in [6.45, 7) is -0.495. The number of ether oxygens (including phenoxy) is 1. The number of halogens is 1. The van der Waals surface area contributed by atoms with Gasteiger partial charge < -0.3 is 9.64 Å². The van der Waals surface area contributed by atoms with Crippen molar-refractivity contribution in [1.82, 2.24) is 0 Å². The van der Waals surface area contributed by atoms with Crippen LogP contribution < -0.4 is 4.90 Å². The first kappa shape index (κ1) is 20.0. The molecule has 1 saturated heterocycles. The molecule has 1 fully saturated rings. The molecule has 1 heterocycles. The molecule has 0 N–H and O–H groups in total. The third-order valence-electron chi connectivity index (χ3n) is 4.49. The number of anilines is 1. The van der Waals surface area contributed by atoms with Gasteiger partial charge in [-0.25, -0.2) is 12.8 Å². The average molecular weight is 405 g/mol. The summed E-state index contributed by atoms with van der Waals surface area (Å²) in [5, 5.41) is 0. The maximum absolute atomic E-state index is 12.9. The molecule has 0 unspecified atom stereocenters. The van der Waals surface area contributed by atoms with Crippen LogP contribution in [0.5, 0.6) is 0 Å². The lowest BCUT2D eigenvalue weighted by atomic mass is 10.1. The van der Waals surface area contributed by atoms with Crippen LogP contribution in [-0.4, -0.2) is 44.4 Å². The van der Waals surface area contributed by atoms with Gasteiger partial charge >= 0.3 is 5.97 Å². The van der Waals surface area contributed by atoms with Gasteiger partial charge in [0, 0.05) is 5.69 Å². The molecule has 148 valence electrons. The fourth-order valence-corrected chi connectivity index (χ4v) is 4.86. The molecular formula is C20H20FNO5S. The molecule has 1 aliphatic heterocycles. The first-order valence-electron chi connectivity index (χ1n) is 8.82. The normalized spacial score (nSPS) is 17.8. The zero-order valence-corrected chi connectivity index (χ0v) is 15.9. The molecule has 2 aromatic rings. The lowest BCUT2D eigenvalue weighted by Crippen LogP contribution is -2.43. The van der Waals surface area contributed by atoms with Crippen molar-refractivity contribution in [3.8, 4) is 0 Å². The number of rotatable bonds is 6. The van der Waals surface area contributed by atoms with E-state index in [9.17, 15) is 22.4 Å². The Labute approximate surface area is 162 Å². The van der Waals surface area contributed by atoms with Crippen molar-refractivity contribution >= 4 is 27.4 Å². The number of nitrogens with zero attached hydrogens (tertiary/aromatic N) is 1. The van der Waals surface area contributed by atoms with Crippen LogP contribution in [0.2, 0.25) is 0 Å². The number of carbonyl (C=O) groups excluding carboxylic acids is 2. The maximum Gasteiger partial charge on any atom is 0.310 e. The van der Waals surface area contributed by atoms with Crippen molar-refractivity contribution in [2.75, 3.05) is 23.0 Å². The number of benzene rings is 2. The number of sulfone groups is 1. The number of para-hydroxylation sites is 1. The molecule has 0 saturated carbocycles. The molecule has 1 amide bonds. The second-order valence-corrected chi connectivity index (χ2v) is 8.85. The van der Waals surface area contributed by atoms with E-state index in [1.165, 1.54) is 29.2 Å². The predicted molar refractivity (Wildman–Crippen MR) is 102 cm³/mol. The Kier molecular flexibility index (Phi) is 6.08. The summed E-state index contributed by atoms with van der Waals surface area (Å²) in [5.74, 6) is -1.60. The van der Waals surface area contributed by atoms with E-state index in [0.29, 0.717) is 17.7 Å². The number of hydrogen-bond acceptors (Lipinski definition) is 5. The standard InChI is InChI=1S/C20H20FNO5S/c21-16-8-6-15(7-9-16)12-20(24)27-13-19(23)22(17-4-2-1-3-5-17)18-10-11-28(25,26)14-18/h1-9,18H,10-14H2/t18-/m0/s1. The average Bonchev–Trinajstić information content (AvgIpc) is 3.02. The van der Waals surface area contributed by atoms with Crippen LogP contribution >= 0.6 is 0 Å². The monoisotopic (exact) mass is 405 g/mol. The quantitative estimate of drug-likeness (QED) is 0.688. The van der Waals surface area contributed by atoms with Crippen molar-refractivity contribution in [2.45, 2.75) is 18.9 Å². The fraction of sp³-hybridized carbons (Fsp3) is 0.300. The molecule has 1 atom stereocenters. The smallest absolute Gasteiger partial charge is 0.310 e. The van der Waals surface area contributed by atoms with Crippen molar-refractivity contribution in [2.24, 2.45) is 0 Å². The summed E-state index contributed by atoms with van der Waals surface area (Å²) in [6.07, 6.45) is 0.253. The number of carbonyl (C=O) groups is 2. The molecule has 0 spiro atoms. The van der Waals surface area contributed by atoms with Crippen LogP contribution in [-0.2, 0) is 30.6 Å². The largest absolute Gasteiger partial charge is 0.455 e. The van der Waals surface area contributed by atoms with E-state index in [1.807, 2.05) is 0 Å². The number of hydrogen-bond donors (Lipinski definition) is 0. The minimum Gasteiger partial charge on any atom is -0.455 e. The highest BCUT2D eigenvalue weighted by Gasteiger charge is 2.35. The van der Waals surface area contributed by atoms with Gasteiger partial charge in [-0.3, -0.25) is 9.59 Å². The van der Waals surface area contributed by atoms with E-state index in [2.05, 4.69) is 0 Å². The zero-order chi connectivity index (χ0) is 20.1. The van der Waals surface area contributed by atoms with Crippen LogP contribution in [0.1, 0.15) is 12.0 Å². The Morgan fingerprint density at radius 3 is 2.36 bits per heavy atom.